The van der Waals surface area contributed by atoms with Gasteiger partial charge in [-0.1, -0.05) is 0 Å². The van der Waals surface area contributed by atoms with Gasteiger partial charge in [-0.25, -0.2) is 10.2 Å². The van der Waals surface area contributed by atoms with Gasteiger partial charge in [-0.2, -0.15) is 13.5 Å². The van der Waals surface area contributed by atoms with Crippen LogP contribution in [0.15, 0.2) is 52.5 Å². The van der Waals surface area contributed by atoms with E-state index in [-0.39, 0.29) is 16.4 Å². The highest BCUT2D eigenvalue weighted by Crippen LogP contribution is 2.31. The van der Waals surface area contributed by atoms with Crippen LogP contribution in [0, 0.1) is 0 Å². The summed E-state index contributed by atoms with van der Waals surface area (Å²) in [5.74, 6) is 0.752. The maximum absolute atomic E-state index is 12.5. The van der Waals surface area contributed by atoms with E-state index in [0.29, 0.717) is 17.9 Å². The Bertz CT molecular complexity index is 926. The number of carbonyl (C=O) groups is 1. The highest BCUT2D eigenvalue weighted by Gasteiger charge is 2.19. The van der Waals surface area contributed by atoms with Crippen LogP contribution in [0.25, 0.3) is 0 Å². The van der Waals surface area contributed by atoms with Gasteiger partial charge in [-0.05, 0) is 55.0 Å². The third-order valence-electron chi connectivity index (χ3n) is 3.20. The van der Waals surface area contributed by atoms with Crippen LogP contribution in [0.3, 0.4) is 0 Å². The first-order valence-corrected chi connectivity index (χ1v) is 9.20. The Morgan fingerprint density at radius 2 is 1.89 bits per heavy atom. The Morgan fingerprint density at radius 3 is 2.48 bits per heavy atom. The standard InChI is InChI=1S/C17H19N3O6S/c1-3-25-16-10-12(11-19-20-17(18)21)4-9-15(16)26-27(22,23)14-7-5-13(24-2)6-8-14/h4-11H,3H2,1-2H3,(H3,18,20,21)/b19-11-. The summed E-state index contributed by atoms with van der Waals surface area (Å²) in [7, 11) is -2.58. The molecule has 0 aliphatic carbocycles. The van der Waals surface area contributed by atoms with Gasteiger partial charge in [0.15, 0.2) is 11.5 Å². The van der Waals surface area contributed by atoms with Crippen LogP contribution >= 0.6 is 0 Å². The summed E-state index contributed by atoms with van der Waals surface area (Å²) in [4.78, 5) is 10.6. The molecule has 0 aliphatic heterocycles. The monoisotopic (exact) mass is 393 g/mol. The van der Waals surface area contributed by atoms with Crippen molar-refractivity contribution in [3.63, 3.8) is 0 Å². The first kappa shape index (κ1) is 20.0. The molecule has 0 aliphatic rings. The van der Waals surface area contributed by atoms with Gasteiger partial charge >= 0.3 is 16.1 Å². The number of nitrogens with zero attached hydrogens (tertiary/aromatic N) is 1. The summed E-state index contributed by atoms with van der Waals surface area (Å²) in [5.41, 5.74) is 7.52. The zero-order valence-electron chi connectivity index (χ0n) is 14.7. The van der Waals surface area contributed by atoms with E-state index < -0.39 is 16.1 Å². The molecule has 0 spiro atoms. The average Bonchev–Trinajstić information content (AvgIpc) is 2.63. The highest BCUT2D eigenvalue weighted by molar-refractivity contribution is 7.87. The lowest BCUT2D eigenvalue weighted by molar-refractivity contribution is 0.249. The second-order valence-electron chi connectivity index (χ2n) is 5.09. The molecule has 3 N–H and O–H groups in total. The largest absolute Gasteiger partial charge is 0.497 e. The molecule has 0 saturated carbocycles. The van der Waals surface area contributed by atoms with E-state index >= 15 is 0 Å². The SMILES string of the molecule is CCOc1cc(/C=N\NC(N)=O)ccc1OS(=O)(=O)c1ccc(OC)cc1. The van der Waals surface area contributed by atoms with Crippen LogP contribution in [-0.2, 0) is 10.1 Å². The molecule has 0 saturated heterocycles. The predicted molar refractivity (Wildman–Crippen MR) is 98.7 cm³/mol. The molecule has 0 radical (unpaired) electrons. The lowest BCUT2D eigenvalue weighted by Gasteiger charge is -2.12. The Hall–Kier alpha value is -3.27. The number of rotatable bonds is 8. The van der Waals surface area contributed by atoms with E-state index in [1.807, 2.05) is 0 Å². The van der Waals surface area contributed by atoms with E-state index in [2.05, 4.69) is 10.5 Å². The van der Waals surface area contributed by atoms with Crippen molar-refractivity contribution in [3.05, 3.63) is 48.0 Å². The lowest BCUT2D eigenvalue weighted by atomic mass is 10.2. The van der Waals surface area contributed by atoms with Gasteiger partial charge in [0.05, 0.1) is 19.9 Å². The van der Waals surface area contributed by atoms with Crippen LogP contribution in [0.2, 0.25) is 0 Å². The van der Waals surface area contributed by atoms with Gasteiger partial charge < -0.3 is 19.4 Å². The second kappa shape index (κ2) is 8.90. The van der Waals surface area contributed by atoms with Crippen LogP contribution in [0.5, 0.6) is 17.2 Å². The van der Waals surface area contributed by atoms with Gasteiger partial charge in [0.25, 0.3) is 0 Å². The van der Waals surface area contributed by atoms with Crippen molar-refractivity contribution in [1.29, 1.82) is 0 Å². The third-order valence-corrected chi connectivity index (χ3v) is 4.45. The molecule has 144 valence electrons. The number of primary amides is 1. The summed E-state index contributed by atoms with van der Waals surface area (Å²) in [5, 5.41) is 3.63. The zero-order chi connectivity index (χ0) is 19.9. The quantitative estimate of drug-likeness (QED) is 0.400. The number of benzene rings is 2. The third kappa shape index (κ3) is 5.61. The molecule has 2 amide bonds. The second-order valence-corrected chi connectivity index (χ2v) is 6.63. The molecule has 0 atom stereocenters. The first-order valence-electron chi connectivity index (χ1n) is 7.79. The number of nitrogens with one attached hydrogen (secondary N) is 1. The number of hydrogen-bond acceptors (Lipinski definition) is 7. The van der Waals surface area contributed by atoms with Crippen molar-refractivity contribution < 1.29 is 26.9 Å². The number of methoxy groups -OCH3 is 1. The van der Waals surface area contributed by atoms with Crippen molar-refractivity contribution in [2.75, 3.05) is 13.7 Å². The van der Waals surface area contributed by atoms with Gasteiger partial charge in [-0.3, -0.25) is 0 Å². The molecule has 0 fully saturated rings. The van der Waals surface area contributed by atoms with Crippen molar-refractivity contribution in [2.45, 2.75) is 11.8 Å². The molecule has 2 rings (SSSR count). The van der Waals surface area contributed by atoms with Crippen LogP contribution in [0.1, 0.15) is 12.5 Å². The summed E-state index contributed by atoms with van der Waals surface area (Å²) < 4.78 is 40.6. The van der Waals surface area contributed by atoms with Crippen LogP contribution in [0.4, 0.5) is 4.79 Å². The summed E-state index contributed by atoms with van der Waals surface area (Å²) in [6, 6.07) is 9.49. The smallest absolute Gasteiger partial charge is 0.339 e. The Balaban J connectivity index is 2.27. The molecule has 10 heteroatoms. The number of hydrazone groups is 1. The highest BCUT2D eigenvalue weighted by atomic mass is 32.2. The number of amides is 2. The molecular formula is C17H19N3O6S. The summed E-state index contributed by atoms with van der Waals surface area (Å²) >= 11 is 0. The van der Waals surface area contributed by atoms with Crippen LogP contribution in [-0.4, -0.2) is 34.4 Å². The molecule has 0 bridgehead atoms. The fourth-order valence-corrected chi connectivity index (χ4v) is 2.96. The molecule has 0 heterocycles. The fourth-order valence-electron chi connectivity index (χ4n) is 2.02. The lowest BCUT2D eigenvalue weighted by Crippen LogP contribution is -2.24. The molecule has 0 aromatic heterocycles. The minimum atomic E-state index is -4.06. The van der Waals surface area contributed by atoms with Crippen LogP contribution < -0.4 is 24.8 Å². The average molecular weight is 393 g/mol. The first-order chi connectivity index (χ1) is 12.9. The van der Waals surface area contributed by atoms with E-state index in [9.17, 15) is 13.2 Å². The van der Waals surface area contributed by atoms with E-state index in [1.54, 1.807) is 13.0 Å². The van der Waals surface area contributed by atoms with Crippen molar-refractivity contribution in [1.82, 2.24) is 5.43 Å². The number of urea groups is 1. The number of ether oxygens (including phenoxy) is 2. The van der Waals surface area contributed by atoms with E-state index in [4.69, 9.17) is 19.4 Å². The van der Waals surface area contributed by atoms with Gasteiger partial charge in [0.1, 0.15) is 10.6 Å². The van der Waals surface area contributed by atoms with Gasteiger partial charge in [0, 0.05) is 0 Å². The number of carbonyl (C=O) groups excluding carboxylic acids is 1. The molecular weight excluding hydrogens is 374 g/mol. The Morgan fingerprint density at radius 1 is 1.19 bits per heavy atom. The zero-order valence-corrected chi connectivity index (χ0v) is 15.5. The molecule has 0 unspecified atom stereocenters. The maximum atomic E-state index is 12.5. The maximum Gasteiger partial charge on any atom is 0.339 e. The van der Waals surface area contributed by atoms with E-state index in [0.717, 1.165) is 0 Å². The minimum absolute atomic E-state index is 0.0210. The van der Waals surface area contributed by atoms with Crippen molar-refractivity contribution >= 4 is 22.4 Å². The minimum Gasteiger partial charge on any atom is -0.497 e. The van der Waals surface area contributed by atoms with Gasteiger partial charge in [-0.15, -0.1) is 0 Å². The molecule has 2 aromatic rings. The Kier molecular flexibility index (Phi) is 6.61. The topological polar surface area (TPSA) is 129 Å². The number of hydrogen-bond donors (Lipinski definition) is 2. The fraction of sp³-hybridized carbons (Fsp3) is 0.176. The summed E-state index contributed by atoms with van der Waals surface area (Å²) in [6.07, 6.45) is 1.33. The van der Waals surface area contributed by atoms with Crippen molar-refractivity contribution in [2.24, 2.45) is 10.8 Å². The summed E-state index contributed by atoms with van der Waals surface area (Å²) in [6.45, 7) is 2.04. The van der Waals surface area contributed by atoms with E-state index in [1.165, 1.54) is 49.7 Å². The van der Waals surface area contributed by atoms with Crippen molar-refractivity contribution in [3.8, 4) is 17.2 Å². The molecule has 27 heavy (non-hydrogen) atoms. The Labute approximate surface area is 156 Å². The molecule has 2 aromatic carbocycles. The molecule has 9 nitrogen and oxygen atoms in total. The predicted octanol–water partition coefficient (Wildman–Crippen LogP) is 1.86. The normalized spacial score (nSPS) is 11.2. The van der Waals surface area contributed by atoms with Gasteiger partial charge in [0.2, 0.25) is 0 Å². The number of nitrogens with two attached hydrogens (primary N) is 1.